The SMILES string of the molecule is Cc1noc2c1CCCO2. The molecule has 0 unspecified atom stereocenters. The van der Waals surface area contributed by atoms with Gasteiger partial charge in [-0.25, -0.2) is 0 Å². The molecular formula is C7H9NO2. The number of nitrogens with zero attached hydrogens (tertiary/aromatic N) is 1. The lowest BCUT2D eigenvalue weighted by atomic mass is 10.1. The predicted octanol–water partition coefficient (Wildman–Crippen LogP) is 1.31. The minimum Gasteiger partial charge on any atom is -0.464 e. The summed E-state index contributed by atoms with van der Waals surface area (Å²) in [6, 6.07) is 0. The van der Waals surface area contributed by atoms with Crippen LogP contribution in [-0.4, -0.2) is 11.8 Å². The average molecular weight is 139 g/mol. The number of rotatable bonds is 0. The number of hydrogen-bond donors (Lipinski definition) is 0. The summed E-state index contributed by atoms with van der Waals surface area (Å²) in [5.74, 6) is 0.628. The zero-order valence-electron chi connectivity index (χ0n) is 5.89. The van der Waals surface area contributed by atoms with E-state index in [0.717, 1.165) is 30.7 Å². The molecule has 2 rings (SSSR count). The Kier molecular flexibility index (Phi) is 1.16. The first-order chi connectivity index (χ1) is 4.88. The summed E-state index contributed by atoms with van der Waals surface area (Å²) >= 11 is 0. The highest BCUT2D eigenvalue weighted by Gasteiger charge is 2.17. The Balaban J connectivity index is 2.45. The van der Waals surface area contributed by atoms with Crippen LogP contribution in [0.25, 0.3) is 0 Å². The molecule has 0 aromatic carbocycles. The van der Waals surface area contributed by atoms with Gasteiger partial charge in [-0.15, -0.1) is 0 Å². The monoisotopic (exact) mass is 139 g/mol. The van der Waals surface area contributed by atoms with Gasteiger partial charge >= 0.3 is 5.95 Å². The van der Waals surface area contributed by atoms with E-state index in [0.29, 0.717) is 5.95 Å². The summed E-state index contributed by atoms with van der Waals surface area (Å²) in [5.41, 5.74) is 2.11. The Morgan fingerprint density at radius 1 is 1.50 bits per heavy atom. The minimum absolute atomic E-state index is 0.628. The van der Waals surface area contributed by atoms with Gasteiger partial charge in [-0.2, -0.15) is 0 Å². The number of hydrogen-bond acceptors (Lipinski definition) is 3. The highest BCUT2D eigenvalue weighted by Crippen LogP contribution is 2.26. The smallest absolute Gasteiger partial charge is 0.314 e. The van der Waals surface area contributed by atoms with Crippen LogP contribution in [0, 0.1) is 6.92 Å². The lowest BCUT2D eigenvalue weighted by Gasteiger charge is -2.09. The Hall–Kier alpha value is -0.990. The van der Waals surface area contributed by atoms with Crippen molar-refractivity contribution in [3.63, 3.8) is 0 Å². The molecule has 0 saturated carbocycles. The summed E-state index contributed by atoms with van der Waals surface area (Å²) in [7, 11) is 0. The van der Waals surface area contributed by atoms with Crippen LogP contribution in [0.3, 0.4) is 0 Å². The maximum absolute atomic E-state index is 5.22. The number of fused-ring (bicyclic) bond motifs is 1. The van der Waals surface area contributed by atoms with Crippen LogP contribution in [0.1, 0.15) is 17.7 Å². The highest BCUT2D eigenvalue weighted by atomic mass is 16.6. The normalized spacial score (nSPS) is 16.1. The third-order valence-corrected chi connectivity index (χ3v) is 1.75. The van der Waals surface area contributed by atoms with Crippen molar-refractivity contribution >= 4 is 0 Å². The molecule has 0 spiro atoms. The molecule has 3 heteroatoms. The van der Waals surface area contributed by atoms with Gasteiger partial charge in [0.05, 0.1) is 17.9 Å². The summed E-state index contributed by atoms with van der Waals surface area (Å²) in [4.78, 5) is 0. The zero-order valence-corrected chi connectivity index (χ0v) is 5.89. The molecule has 0 bridgehead atoms. The Bertz CT molecular complexity index is 242. The van der Waals surface area contributed by atoms with E-state index in [4.69, 9.17) is 9.26 Å². The first-order valence-electron chi connectivity index (χ1n) is 3.46. The van der Waals surface area contributed by atoms with Crippen LogP contribution >= 0.6 is 0 Å². The second-order valence-electron chi connectivity index (χ2n) is 2.49. The molecule has 1 aliphatic heterocycles. The quantitative estimate of drug-likeness (QED) is 0.543. The van der Waals surface area contributed by atoms with Crippen molar-refractivity contribution in [2.75, 3.05) is 6.61 Å². The van der Waals surface area contributed by atoms with Gasteiger partial charge in [-0.05, 0) is 19.8 Å². The van der Waals surface area contributed by atoms with Crippen LogP contribution in [0.15, 0.2) is 4.52 Å². The van der Waals surface area contributed by atoms with E-state index >= 15 is 0 Å². The summed E-state index contributed by atoms with van der Waals surface area (Å²) in [6.07, 6.45) is 2.12. The minimum atomic E-state index is 0.628. The van der Waals surface area contributed by atoms with E-state index in [-0.39, 0.29) is 0 Å². The summed E-state index contributed by atoms with van der Waals surface area (Å²) < 4.78 is 10.1. The van der Waals surface area contributed by atoms with Gasteiger partial charge in [0.2, 0.25) is 0 Å². The molecule has 10 heavy (non-hydrogen) atoms. The van der Waals surface area contributed by atoms with Crippen LogP contribution in [0.4, 0.5) is 0 Å². The third kappa shape index (κ3) is 0.701. The van der Waals surface area contributed by atoms with E-state index in [2.05, 4.69) is 5.16 Å². The molecular weight excluding hydrogens is 130 g/mol. The first-order valence-corrected chi connectivity index (χ1v) is 3.46. The molecule has 1 aromatic rings. The van der Waals surface area contributed by atoms with Crippen molar-refractivity contribution in [3.05, 3.63) is 11.3 Å². The second kappa shape index (κ2) is 2.01. The molecule has 54 valence electrons. The molecule has 0 N–H and O–H groups in total. The summed E-state index contributed by atoms with van der Waals surface area (Å²) in [5, 5.41) is 3.80. The lowest BCUT2D eigenvalue weighted by Crippen LogP contribution is -2.06. The van der Waals surface area contributed by atoms with E-state index < -0.39 is 0 Å². The molecule has 3 nitrogen and oxygen atoms in total. The first kappa shape index (κ1) is 5.77. The maximum Gasteiger partial charge on any atom is 0.314 e. The molecule has 0 fully saturated rings. The number of aryl methyl sites for hydroxylation is 1. The van der Waals surface area contributed by atoms with Gasteiger partial charge in [0, 0.05) is 0 Å². The van der Waals surface area contributed by atoms with Crippen molar-refractivity contribution in [1.82, 2.24) is 5.16 Å². The summed E-state index contributed by atoms with van der Waals surface area (Å²) in [6.45, 7) is 2.71. The van der Waals surface area contributed by atoms with Gasteiger partial charge in [0.1, 0.15) is 0 Å². The fourth-order valence-electron chi connectivity index (χ4n) is 1.18. The van der Waals surface area contributed by atoms with Crippen molar-refractivity contribution in [2.24, 2.45) is 0 Å². The fraction of sp³-hybridized carbons (Fsp3) is 0.571. The number of aromatic nitrogens is 1. The van der Waals surface area contributed by atoms with E-state index in [1.165, 1.54) is 0 Å². The topological polar surface area (TPSA) is 35.3 Å². The Morgan fingerprint density at radius 3 is 3.20 bits per heavy atom. The van der Waals surface area contributed by atoms with Crippen molar-refractivity contribution < 1.29 is 9.26 Å². The van der Waals surface area contributed by atoms with Gasteiger partial charge in [0.15, 0.2) is 0 Å². The third-order valence-electron chi connectivity index (χ3n) is 1.75. The van der Waals surface area contributed by atoms with Gasteiger partial charge < -0.3 is 9.26 Å². The molecule has 0 amide bonds. The molecule has 0 radical (unpaired) electrons. The zero-order chi connectivity index (χ0) is 6.97. The Morgan fingerprint density at radius 2 is 2.40 bits per heavy atom. The predicted molar refractivity (Wildman–Crippen MR) is 35.1 cm³/mol. The lowest BCUT2D eigenvalue weighted by molar-refractivity contribution is 0.196. The fourth-order valence-corrected chi connectivity index (χ4v) is 1.18. The van der Waals surface area contributed by atoms with Crippen LogP contribution in [0.5, 0.6) is 5.95 Å². The molecule has 1 aliphatic rings. The largest absolute Gasteiger partial charge is 0.464 e. The maximum atomic E-state index is 5.22. The number of ether oxygens (including phenoxy) is 1. The second-order valence-corrected chi connectivity index (χ2v) is 2.49. The van der Waals surface area contributed by atoms with Crippen molar-refractivity contribution in [2.45, 2.75) is 19.8 Å². The molecule has 0 aliphatic carbocycles. The molecule has 0 saturated heterocycles. The van der Waals surface area contributed by atoms with Crippen LogP contribution in [0.2, 0.25) is 0 Å². The van der Waals surface area contributed by atoms with Gasteiger partial charge in [0.25, 0.3) is 0 Å². The van der Waals surface area contributed by atoms with Crippen LogP contribution in [-0.2, 0) is 6.42 Å². The van der Waals surface area contributed by atoms with Gasteiger partial charge in [-0.1, -0.05) is 5.16 Å². The molecule has 1 aromatic heterocycles. The van der Waals surface area contributed by atoms with E-state index in [1.807, 2.05) is 6.92 Å². The van der Waals surface area contributed by atoms with Crippen molar-refractivity contribution in [1.29, 1.82) is 0 Å². The van der Waals surface area contributed by atoms with Crippen LogP contribution < -0.4 is 4.74 Å². The molecule has 0 atom stereocenters. The van der Waals surface area contributed by atoms with E-state index in [1.54, 1.807) is 0 Å². The standard InChI is InChI=1S/C7H9NO2/c1-5-6-3-2-4-9-7(6)10-8-5/h2-4H2,1H3. The highest BCUT2D eigenvalue weighted by molar-refractivity contribution is 5.28. The van der Waals surface area contributed by atoms with Crippen molar-refractivity contribution in [3.8, 4) is 5.95 Å². The van der Waals surface area contributed by atoms with E-state index in [9.17, 15) is 0 Å². The average Bonchev–Trinajstić information content (AvgIpc) is 2.34. The Labute approximate surface area is 59.0 Å². The molecule has 2 heterocycles. The van der Waals surface area contributed by atoms with Gasteiger partial charge in [-0.3, -0.25) is 0 Å².